The SMILES string of the molecule is Cl.N.N.[Zn]. The van der Waals surface area contributed by atoms with E-state index in [1.807, 2.05) is 0 Å². The molecule has 2 nitrogen and oxygen atoms in total. The third-order valence-corrected chi connectivity index (χ3v) is 0. The standard InChI is InChI=1S/ClH.2H3N.Zn/h1H;2*1H3;. The van der Waals surface area contributed by atoms with E-state index in [2.05, 4.69) is 0 Å². The molecular weight excluding hydrogens is 129 g/mol. The summed E-state index contributed by atoms with van der Waals surface area (Å²) < 4.78 is 0. The minimum atomic E-state index is 0. The van der Waals surface area contributed by atoms with E-state index in [1.165, 1.54) is 0 Å². The molecule has 0 aromatic rings. The topological polar surface area (TPSA) is 70.0 Å². The van der Waals surface area contributed by atoms with Crippen LogP contribution < -0.4 is 12.3 Å². The average Bonchev–Trinajstić information content (AvgIpc) is 0. The van der Waals surface area contributed by atoms with Crippen molar-refractivity contribution in [2.45, 2.75) is 0 Å². The Morgan fingerprint density at radius 2 is 0.750 bits per heavy atom. The Labute approximate surface area is 44.7 Å². The van der Waals surface area contributed by atoms with Gasteiger partial charge in [0.15, 0.2) is 0 Å². The first kappa shape index (κ1) is 102. The Hall–Kier alpha value is 0.833. The second kappa shape index (κ2) is 44.3. The molecule has 0 aliphatic heterocycles. The second-order valence-corrected chi connectivity index (χ2v) is 0. The summed E-state index contributed by atoms with van der Waals surface area (Å²) in [4.78, 5) is 0. The van der Waals surface area contributed by atoms with Crippen LogP contribution in [0.5, 0.6) is 0 Å². The van der Waals surface area contributed by atoms with Crippen LogP contribution in [0.3, 0.4) is 0 Å². The summed E-state index contributed by atoms with van der Waals surface area (Å²) in [5.41, 5.74) is 0. The van der Waals surface area contributed by atoms with E-state index in [-0.39, 0.29) is 44.2 Å². The predicted octanol–water partition coefficient (Wildman–Crippen LogP) is 0.743. The first-order chi connectivity index (χ1) is 0. The maximum Gasteiger partial charge on any atom is 0 e. The van der Waals surface area contributed by atoms with Gasteiger partial charge in [-0.3, -0.25) is 0 Å². The zero-order valence-corrected chi connectivity index (χ0v) is 6.31. The van der Waals surface area contributed by atoms with Gasteiger partial charge in [-0.2, -0.15) is 0 Å². The molecule has 6 N–H and O–H groups in total. The van der Waals surface area contributed by atoms with E-state index < -0.39 is 0 Å². The zero-order valence-electron chi connectivity index (χ0n) is 2.53. The molecule has 0 aromatic carbocycles. The third kappa shape index (κ3) is 13.7. The van der Waals surface area contributed by atoms with Crippen molar-refractivity contribution in [3.8, 4) is 0 Å². The Kier molecular flexibility index (Phi) is 1130. The molecule has 0 saturated heterocycles. The molecule has 0 saturated carbocycles. The van der Waals surface area contributed by atoms with Crippen molar-refractivity contribution in [2.24, 2.45) is 0 Å². The molecule has 4 heteroatoms. The molecule has 0 amide bonds. The molecule has 0 atom stereocenters. The van der Waals surface area contributed by atoms with Gasteiger partial charge in [-0.1, -0.05) is 0 Å². The predicted molar refractivity (Wildman–Crippen MR) is 17.3 cm³/mol. The third-order valence-electron chi connectivity index (χ3n) is 0. The van der Waals surface area contributed by atoms with Crippen LogP contribution >= 0.6 is 12.4 Å². The fraction of sp³-hybridized carbons (Fsp3) is 0. The summed E-state index contributed by atoms with van der Waals surface area (Å²) in [6.45, 7) is 0. The number of hydrogen-bond acceptors (Lipinski definition) is 2. The van der Waals surface area contributed by atoms with Crippen LogP contribution in [0, 0.1) is 0 Å². The van der Waals surface area contributed by atoms with E-state index in [0.717, 1.165) is 0 Å². The van der Waals surface area contributed by atoms with Gasteiger partial charge in [0.2, 0.25) is 0 Å². The minimum Gasteiger partial charge on any atom is -0.344 e. The molecule has 0 rings (SSSR count). The van der Waals surface area contributed by atoms with Crippen molar-refractivity contribution >= 4 is 12.4 Å². The van der Waals surface area contributed by atoms with E-state index in [0.29, 0.717) is 0 Å². The van der Waals surface area contributed by atoms with Crippen molar-refractivity contribution in [1.82, 2.24) is 12.3 Å². The summed E-state index contributed by atoms with van der Waals surface area (Å²) >= 11 is 0. The Morgan fingerprint density at radius 1 is 0.750 bits per heavy atom. The van der Waals surface area contributed by atoms with Gasteiger partial charge in [-0.15, -0.1) is 12.4 Å². The van der Waals surface area contributed by atoms with Crippen molar-refractivity contribution in [3.63, 3.8) is 0 Å². The van der Waals surface area contributed by atoms with Crippen LogP contribution in [0.1, 0.15) is 0 Å². The normalized spacial score (nSPS) is 0. The molecule has 0 radical (unpaired) electrons. The van der Waals surface area contributed by atoms with E-state index in [4.69, 9.17) is 0 Å². The van der Waals surface area contributed by atoms with E-state index >= 15 is 0 Å². The van der Waals surface area contributed by atoms with Gasteiger partial charge in [-0.05, 0) is 0 Å². The monoisotopic (exact) mass is 134 g/mol. The quantitative estimate of drug-likeness (QED) is 0.482. The molecule has 0 heterocycles. The first-order valence-corrected chi connectivity index (χ1v) is 0. The summed E-state index contributed by atoms with van der Waals surface area (Å²) in [5, 5.41) is 0. The molecule has 26 valence electrons. The molecule has 0 aromatic heterocycles. The molecule has 0 spiro atoms. The summed E-state index contributed by atoms with van der Waals surface area (Å²) in [5.74, 6) is 0. The molecule has 0 aliphatic rings. The largest absolute Gasteiger partial charge is 0.344 e. The molecular formula is H7ClN2Zn. The maximum atomic E-state index is 0. The summed E-state index contributed by atoms with van der Waals surface area (Å²) in [6.07, 6.45) is 0. The van der Waals surface area contributed by atoms with Crippen molar-refractivity contribution in [1.29, 1.82) is 0 Å². The fourth-order valence-electron chi connectivity index (χ4n) is 0. The zero-order chi connectivity index (χ0) is 0. The van der Waals surface area contributed by atoms with Gasteiger partial charge in [0.1, 0.15) is 0 Å². The Balaban J connectivity index is 0. The van der Waals surface area contributed by atoms with Gasteiger partial charge in [-0.25, -0.2) is 0 Å². The van der Waals surface area contributed by atoms with Gasteiger partial charge in [0.05, 0.1) is 0 Å². The minimum absolute atomic E-state index is 0. The molecule has 0 aliphatic carbocycles. The summed E-state index contributed by atoms with van der Waals surface area (Å²) in [7, 11) is 0. The Bertz CT molecular complexity index is 6.00. The maximum absolute atomic E-state index is 0. The van der Waals surface area contributed by atoms with Gasteiger partial charge < -0.3 is 12.3 Å². The number of rotatable bonds is 0. The second-order valence-electron chi connectivity index (χ2n) is 0. The van der Waals surface area contributed by atoms with Crippen LogP contribution in [0.25, 0.3) is 0 Å². The van der Waals surface area contributed by atoms with Crippen LogP contribution in [0.15, 0.2) is 0 Å². The van der Waals surface area contributed by atoms with Crippen molar-refractivity contribution in [3.05, 3.63) is 0 Å². The molecule has 0 unspecified atom stereocenters. The molecule has 0 fully saturated rings. The van der Waals surface area contributed by atoms with Crippen molar-refractivity contribution in [2.75, 3.05) is 0 Å². The first-order valence-electron chi connectivity index (χ1n) is 0. The number of halogens is 1. The van der Waals surface area contributed by atoms with E-state index in [1.54, 1.807) is 0 Å². The molecule has 4 heavy (non-hydrogen) atoms. The van der Waals surface area contributed by atoms with Crippen LogP contribution in [0.2, 0.25) is 0 Å². The fourth-order valence-corrected chi connectivity index (χ4v) is 0. The number of hydrogen-bond donors (Lipinski definition) is 2. The van der Waals surface area contributed by atoms with Crippen LogP contribution in [-0.4, -0.2) is 0 Å². The van der Waals surface area contributed by atoms with Gasteiger partial charge >= 0.3 is 0 Å². The smallest absolute Gasteiger partial charge is 0 e. The molecule has 0 bridgehead atoms. The van der Waals surface area contributed by atoms with Gasteiger partial charge in [0.25, 0.3) is 0 Å². The Morgan fingerprint density at radius 3 is 0.750 bits per heavy atom. The van der Waals surface area contributed by atoms with Gasteiger partial charge in [0, 0.05) is 19.5 Å². The van der Waals surface area contributed by atoms with Crippen LogP contribution in [0.4, 0.5) is 0 Å². The summed E-state index contributed by atoms with van der Waals surface area (Å²) in [6, 6.07) is 0. The average molecular weight is 136 g/mol. The van der Waals surface area contributed by atoms with E-state index in [9.17, 15) is 0 Å². The van der Waals surface area contributed by atoms with Crippen LogP contribution in [-0.2, 0) is 19.5 Å². The van der Waals surface area contributed by atoms with Crippen molar-refractivity contribution < 1.29 is 19.5 Å².